The zero-order valence-corrected chi connectivity index (χ0v) is 16.4. The van der Waals surface area contributed by atoms with Gasteiger partial charge in [0.05, 0.1) is 12.2 Å². The molecular formula is C26H22O2. The van der Waals surface area contributed by atoms with Crippen LogP contribution >= 0.6 is 0 Å². The number of aryl methyl sites for hydroxylation is 1. The average Bonchev–Trinajstić information content (AvgIpc) is 2.71. The van der Waals surface area contributed by atoms with E-state index in [-0.39, 0.29) is 5.97 Å². The molecule has 0 amide bonds. The van der Waals surface area contributed by atoms with Gasteiger partial charge in [-0.05, 0) is 67.6 Å². The maximum absolute atomic E-state index is 12.8. The molecule has 0 heterocycles. The van der Waals surface area contributed by atoms with Crippen LogP contribution in [-0.2, 0) is 4.74 Å². The molecule has 0 aliphatic heterocycles. The number of ether oxygens (including phenoxy) is 1. The van der Waals surface area contributed by atoms with E-state index >= 15 is 0 Å². The predicted molar refractivity (Wildman–Crippen MR) is 118 cm³/mol. The molecule has 138 valence electrons. The number of hydrogen-bond acceptors (Lipinski definition) is 2. The van der Waals surface area contributed by atoms with E-state index in [0.29, 0.717) is 18.1 Å². The topological polar surface area (TPSA) is 26.3 Å². The van der Waals surface area contributed by atoms with Gasteiger partial charge >= 0.3 is 5.97 Å². The minimum Gasteiger partial charge on any atom is -0.462 e. The second-order valence-corrected chi connectivity index (χ2v) is 8.04. The van der Waals surface area contributed by atoms with Crippen molar-refractivity contribution in [1.82, 2.24) is 0 Å². The van der Waals surface area contributed by atoms with Crippen LogP contribution in [0, 0.1) is 12.8 Å². The van der Waals surface area contributed by atoms with Gasteiger partial charge in [-0.25, -0.2) is 4.79 Å². The molecule has 0 fully saturated rings. The SMILES string of the molecule is Cc1ccc2c3cccc4c(C(=O)OCC(C)C)ccc(c5cccc1c25)c43. The summed E-state index contributed by atoms with van der Waals surface area (Å²) in [5, 5.41) is 9.56. The first-order valence-corrected chi connectivity index (χ1v) is 9.82. The standard InChI is InChI=1S/C26H22O2/c1-15(2)14-28-26(27)23-13-12-22-18-7-4-6-17-16(3)10-11-21(24(17)18)19-8-5-9-20(23)25(19)22/h4-13,15H,14H2,1-3H3. The minimum absolute atomic E-state index is 0.245. The van der Waals surface area contributed by atoms with Gasteiger partial charge in [-0.15, -0.1) is 0 Å². The van der Waals surface area contributed by atoms with Crippen LogP contribution in [0.15, 0.2) is 60.7 Å². The molecular weight excluding hydrogens is 344 g/mol. The fourth-order valence-corrected chi connectivity index (χ4v) is 4.36. The zero-order valence-electron chi connectivity index (χ0n) is 16.4. The van der Waals surface area contributed by atoms with E-state index in [1.54, 1.807) is 0 Å². The van der Waals surface area contributed by atoms with Crippen LogP contribution in [0.4, 0.5) is 0 Å². The average molecular weight is 366 g/mol. The summed E-state index contributed by atoms with van der Waals surface area (Å²) in [5.74, 6) is 0.0713. The Hall–Kier alpha value is -3.13. The van der Waals surface area contributed by atoms with E-state index in [9.17, 15) is 4.79 Å². The largest absolute Gasteiger partial charge is 0.462 e. The van der Waals surface area contributed by atoms with Crippen LogP contribution in [0.5, 0.6) is 0 Å². The van der Waals surface area contributed by atoms with Crippen LogP contribution in [0.1, 0.15) is 29.8 Å². The van der Waals surface area contributed by atoms with Crippen molar-refractivity contribution in [2.24, 2.45) is 5.92 Å². The van der Waals surface area contributed by atoms with Gasteiger partial charge in [0, 0.05) is 0 Å². The summed E-state index contributed by atoms with van der Waals surface area (Å²) in [6.07, 6.45) is 0. The lowest BCUT2D eigenvalue weighted by Gasteiger charge is -2.17. The Labute approximate surface area is 164 Å². The number of hydrogen-bond donors (Lipinski definition) is 0. The Morgan fingerprint density at radius 2 is 1.29 bits per heavy atom. The number of carbonyl (C=O) groups is 1. The molecule has 0 aliphatic carbocycles. The van der Waals surface area contributed by atoms with E-state index < -0.39 is 0 Å². The summed E-state index contributed by atoms with van der Waals surface area (Å²) in [5.41, 5.74) is 1.93. The Balaban J connectivity index is 1.89. The fourth-order valence-electron chi connectivity index (χ4n) is 4.36. The number of fused-ring (bicyclic) bond motifs is 2. The van der Waals surface area contributed by atoms with Crippen LogP contribution in [0.25, 0.3) is 43.1 Å². The van der Waals surface area contributed by atoms with Crippen molar-refractivity contribution in [3.63, 3.8) is 0 Å². The Morgan fingerprint density at radius 3 is 1.96 bits per heavy atom. The van der Waals surface area contributed by atoms with Gasteiger partial charge in [-0.1, -0.05) is 68.4 Å². The molecule has 5 aromatic carbocycles. The van der Waals surface area contributed by atoms with Crippen molar-refractivity contribution in [3.05, 3.63) is 71.8 Å². The molecule has 0 saturated heterocycles. The first-order valence-electron chi connectivity index (χ1n) is 9.82. The lowest BCUT2D eigenvalue weighted by atomic mass is 9.87. The molecule has 0 aromatic heterocycles. The number of rotatable bonds is 3. The molecule has 0 spiro atoms. The normalized spacial score (nSPS) is 12.0. The van der Waals surface area contributed by atoms with Crippen molar-refractivity contribution in [2.45, 2.75) is 20.8 Å². The van der Waals surface area contributed by atoms with E-state index in [2.05, 4.69) is 49.4 Å². The smallest absolute Gasteiger partial charge is 0.338 e. The molecule has 0 radical (unpaired) electrons. The van der Waals surface area contributed by atoms with Crippen LogP contribution in [0.2, 0.25) is 0 Å². The van der Waals surface area contributed by atoms with Gasteiger partial charge < -0.3 is 4.74 Å². The third kappa shape index (κ3) is 2.37. The molecule has 5 aromatic rings. The van der Waals surface area contributed by atoms with Gasteiger partial charge in [-0.3, -0.25) is 0 Å². The zero-order chi connectivity index (χ0) is 19.4. The summed E-state index contributed by atoms with van der Waals surface area (Å²) in [6, 6.07) is 21.1. The summed E-state index contributed by atoms with van der Waals surface area (Å²) in [7, 11) is 0. The van der Waals surface area contributed by atoms with E-state index in [1.807, 2.05) is 32.0 Å². The van der Waals surface area contributed by atoms with Crippen molar-refractivity contribution >= 4 is 49.1 Å². The highest BCUT2D eigenvalue weighted by Crippen LogP contribution is 2.41. The van der Waals surface area contributed by atoms with Gasteiger partial charge in [0.2, 0.25) is 0 Å². The fraction of sp³-hybridized carbons (Fsp3) is 0.192. The molecule has 28 heavy (non-hydrogen) atoms. The quantitative estimate of drug-likeness (QED) is 0.198. The predicted octanol–water partition coefficient (Wildman–Crippen LogP) is 6.86. The van der Waals surface area contributed by atoms with Crippen LogP contribution in [0.3, 0.4) is 0 Å². The third-order valence-electron chi connectivity index (χ3n) is 5.65. The molecule has 0 saturated carbocycles. The highest BCUT2D eigenvalue weighted by molar-refractivity contribution is 6.34. The van der Waals surface area contributed by atoms with Gasteiger partial charge in [0.25, 0.3) is 0 Å². The maximum atomic E-state index is 12.8. The second-order valence-electron chi connectivity index (χ2n) is 8.04. The third-order valence-corrected chi connectivity index (χ3v) is 5.65. The molecule has 0 unspecified atom stereocenters. The first kappa shape index (κ1) is 17.0. The number of benzene rings is 5. The lowest BCUT2D eigenvalue weighted by molar-refractivity contribution is 0.0461. The summed E-state index contributed by atoms with van der Waals surface area (Å²) >= 11 is 0. The molecule has 0 atom stereocenters. The van der Waals surface area contributed by atoms with Gasteiger partial charge in [-0.2, -0.15) is 0 Å². The highest BCUT2D eigenvalue weighted by Gasteiger charge is 2.18. The monoisotopic (exact) mass is 366 g/mol. The highest BCUT2D eigenvalue weighted by atomic mass is 16.5. The van der Waals surface area contributed by atoms with E-state index in [1.165, 1.54) is 37.9 Å². The molecule has 2 heteroatoms. The number of esters is 1. The number of carbonyl (C=O) groups excluding carboxylic acids is 1. The molecule has 0 bridgehead atoms. The van der Waals surface area contributed by atoms with Crippen molar-refractivity contribution in [3.8, 4) is 0 Å². The van der Waals surface area contributed by atoms with Gasteiger partial charge in [0.15, 0.2) is 0 Å². The lowest BCUT2D eigenvalue weighted by Crippen LogP contribution is -2.10. The molecule has 0 aliphatic rings. The van der Waals surface area contributed by atoms with Gasteiger partial charge in [0.1, 0.15) is 0 Å². The van der Waals surface area contributed by atoms with E-state index in [4.69, 9.17) is 4.74 Å². The molecule has 0 N–H and O–H groups in total. The van der Waals surface area contributed by atoms with E-state index in [0.717, 1.165) is 10.8 Å². The summed E-state index contributed by atoms with van der Waals surface area (Å²) < 4.78 is 5.53. The molecule has 5 rings (SSSR count). The Bertz CT molecular complexity index is 1340. The van der Waals surface area contributed by atoms with Crippen molar-refractivity contribution in [2.75, 3.05) is 6.61 Å². The minimum atomic E-state index is -0.245. The Morgan fingerprint density at radius 1 is 0.750 bits per heavy atom. The van der Waals surface area contributed by atoms with Crippen molar-refractivity contribution < 1.29 is 9.53 Å². The maximum Gasteiger partial charge on any atom is 0.338 e. The molecule has 2 nitrogen and oxygen atoms in total. The summed E-state index contributed by atoms with van der Waals surface area (Å²) in [6.45, 7) is 6.69. The summed E-state index contributed by atoms with van der Waals surface area (Å²) in [4.78, 5) is 12.8. The first-order chi connectivity index (χ1) is 13.6. The van der Waals surface area contributed by atoms with Crippen LogP contribution in [-0.4, -0.2) is 12.6 Å². The Kier molecular flexibility index (Phi) is 3.77. The van der Waals surface area contributed by atoms with Crippen LogP contribution < -0.4 is 0 Å². The van der Waals surface area contributed by atoms with Crippen molar-refractivity contribution in [1.29, 1.82) is 0 Å². The second kappa shape index (κ2) is 6.20.